The predicted octanol–water partition coefficient (Wildman–Crippen LogP) is 3.88. The van der Waals surface area contributed by atoms with Crippen molar-refractivity contribution in [3.05, 3.63) is 89.4 Å². The first kappa shape index (κ1) is 21.7. The van der Waals surface area contributed by atoms with Gasteiger partial charge >= 0.3 is 0 Å². The normalized spacial score (nSPS) is 11.0. The number of anilines is 1. The third kappa shape index (κ3) is 6.23. The molecule has 0 saturated carbocycles. The van der Waals surface area contributed by atoms with Crippen molar-refractivity contribution in [3.8, 4) is 5.75 Å². The van der Waals surface area contributed by atoms with Crippen LogP contribution in [0.3, 0.4) is 0 Å². The van der Waals surface area contributed by atoms with Gasteiger partial charge in [0.25, 0.3) is 15.9 Å². The van der Waals surface area contributed by atoms with Crippen molar-refractivity contribution >= 4 is 33.2 Å². The zero-order chi connectivity index (χ0) is 21.4. The molecule has 8 heteroatoms. The minimum Gasteiger partial charge on any atom is -0.482 e. The molecule has 3 aromatic rings. The molecule has 2 N–H and O–H groups in total. The first-order chi connectivity index (χ1) is 14.4. The molecule has 0 bridgehead atoms. The summed E-state index contributed by atoms with van der Waals surface area (Å²) < 4.78 is 32.9. The zero-order valence-corrected chi connectivity index (χ0v) is 17.6. The van der Waals surface area contributed by atoms with E-state index in [1.807, 2.05) is 30.3 Å². The molecule has 0 spiro atoms. The number of carbonyl (C=O) groups excluding carboxylic acids is 1. The Balaban J connectivity index is 1.53. The number of para-hydroxylation sites is 1. The molecule has 30 heavy (non-hydrogen) atoms. The Hall–Kier alpha value is -3.03. The average molecular weight is 445 g/mol. The Labute approximate surface area is 180 Å². The van der Waals surface area contributed by atoms with Gasteiger partial charge in [-0.15, -0.1) is 0 Å². The molecule has 0 heterocycles. The SMILES string of the molecule is O=C(COc1ccc(S(=O)(=O)Nc2ccccc2)cc1Cl)NCCc1ccccc1. The van der Waals surface area contributed by atoms with E-state index in [1.165, 1.54) is 18.2 Å². The van der Waals surface area contributed by atoms with E-state index in [0.717, 1.165) is 5.56 Å². The minimum absolute atomic E-state index is 0.00369. The van der Waals surface area contributed by atoms with Crippen LogP contribution in [0.2, 0.25) is 5.02 Å². The maximum atomic E-state index is 12.5. The van der Waals surface area contributed by atoms with Crippen LogP contribution in [-0.2, 0) is 21.2 Å². The van der Waals surface area contributed by atoms with Crippen molar-refractivity contribution in [2.24, 2.45) is 0 Å². The Kier molecular flexibility index (Phi) is 7.32. The summed E-state index contributed by atoms with van der Waals surface area (Å²) in [5, 5.41) is 2.87. The molecule has 0 radical (unpaired) electrons. The van der Waals surface area contributed by atoms with Gasteiger partial charge in [-0.1, -0.05) is 60.1 Å². The van der Waals surface area contributed by atoms with Gasteiger partial charge in [0.15, 0.2) is 6.61 Å². The van der Waals surface area contributed by atoms with Crippen molar-refractivity contribution in [1.82, 2.24) is 5.32 Å². The fourth-order valence-electron chi connectivity index (χ4n) is 2.67. The number of hydrogen-bond donors (Lipinski definition) is 2. The topological polar surface area (TPSA) is 84.5 Å². The first-order valence-electron chi connectivity index (χ1n) is 9.25. The summed E-state index contributed by atoms with van der Waals surface area (Å²) >= 11 is 6.16. The lowest BCUT2D eigenvalue weighted by atomic mass is 10.1. The second-order valence-electron chi connectivity index (χ2n) is 6.44. The molecular weight excluding hydrogens is 424 g/mol. The highest BCUT2D eigenvalue weighted by Crippen LogP contribution is 2.28. The van der Waals surface area contributed by atoms with E-state index in [9.17, 15) is 13.2 Å². The predicted molar refractivity (Wildman–Crippen MR) is 117 cm³/mol. The quantitative estimate of drug-likeness (QED) is 0.524. The van der Waals surface area contributed by atoms with Crippen molar-refractivity contribution in [2.45, 2.75) is 11.3 Å². The largest absolute Gasteiger partial charge is 0.482 e. The lowest BCUT2D eigenvalue weighted by Crippen LogP contribution is -2.30. The van der Waals surface area contributed by atoms with Gasteiger partial charge in [0.2, 0.25) is 0 Å². The van der Waals surface area contributed by atoms with Crippen LogP contribution in [0.25, 0.3) is 0 Å². The van der Waals surface area contributed by atoms with Crippen molar-refractivity contribution in [1.29, 1.82) is 0 Å². The molecule has 6 nitrogen and oxygen atoms in total. The van der Waals surface area contributed by atoms with Crippen LogP contribution in [0.15, 0.2) is 83.8 Å². The number of carbonyl (C=O) groups is 1. The molecular formula is C22H21ClN2O4S. The van der Waals surface area contributed by atoms with E-state index >= 15 is 0 Å². The number of ether oxygens (including phenoxy) is 1. The van der Waals surface area contributed by atoms with Crippen LogP contribution in [0.5, 0.6) is 5.75 Å². The zero-order valence-electron chi connectivity index (χ0n) is 16.0. The summed E-state index contributed by atoms with van der Waals surface area (Å²) in [6.45, 7) is 0.269. The summed E-state index contributed by atoms with van der Waals surface area (Å²) in [6.07, 6.45) is 0.717. The Bertz CT molecular complexity index is 1090. The van der Waals surface area contributed by atoms with E-state index in [0.29, 0.717) is 18.7 Å². The second-order valence-corrected chi connectivity index (χ2v) is 8.53. The van der Waals surface area contributed by atoms with Crippen LogP contribution in [-0.4, -0.2) is 27.5 Å². The third-order valence-electron chi connectivity index (χ3n) is 4.18. The molecule has 0 aliphatic rings. The molecule has 0 fully saturated rings. The smallest absolute Gasteiger partial charge is 0.261 e. The molecule has 0 aromatic heterocycles. The van der Waals surface area contributed by atoms with Gasteiger partial charge in [-0.2, -0.15) is 0 Å². The van der Waals surface area contributed by atoms with Gasteiger partial charge in [-0.3, -0.25) is 9.52 Å². The molecule has 0 atom stereocenters. The summed E-state index contributed by atoms with van der Waals surface area (Å²) in [6, 6.07) is 22.4. The highest BCUT2D eigenvalue weighted by atomic mass is 35.5. The minimum atomic E-state index is -3.79. The third-order valence-corrected chi connectivity index (χ3v) is 5.85. The molecule has 156 valence electrons. The fraction of sp³-hybridized carbons (Fsp3) is 0.136. The lowest BCUT2D eigenvalue weighted by molar-refractivity contribution is -0.123. The van der Waals surface area contributed by atoms with Gasteiger partial charge in [-0.25, -0.2) is 8.42 Å². The van der Waals surface area contributed by atoms with E-state index < -0.39 is 10.0 Å². The molecule has 0 aliphatic heterocycles. The van der Waals surface area contributed by atoms with Crippen LogP contribution < -0.4 is 14.8 Å². The molecule has 0 unspecified atom stereocenters. The Morgan fingerprint density at radius 2 is 1.60 bits per heavy atom. The van der Waals surface area contributed by atoms with Crippen LogP contribution in [0.1, 0.15) is 5.56 Å². The van der Waals surface area contributed by atoms with E-state index in [2.05, 4.69) is 10.0 Å². The van der Waals surface area contributed by atoms with Crippen molar-refractivity contribution in [3.63, 3.8) is 0 Å². The number of halogens is 1. The van der Waals surface area contributed by atoms with Crippen molar-refractivity contribution in [2.75, 3.05) is 17.9 Å². The molecule has 3 aromatic carbocycles. The van der Waals surface area contributed by atoms with Crippen molar-refractivity contribution < 1.29 is 17.9 Å². The lowest BCUT2D eigenvalue weighted by Gasteiger charge is -2.11. The number of sulfonamides is 1. The summed E-state index contributed by atoms with van der Waals surface area (Å²) in [5.74, 6) is -0.0574. The van der Waals surface area contributed by atoms with Gasteiger partial charge in [0.05, 0.1) is 9.92 Å². The second kappa shape index (κ2) is 10.1. The van der Waals surface area contributed by atoms with Crippen LogP contribution >= 0.6 is 11.6 Å². The Morgan fingerprint density at radius 1 is 0.933 bits per heavy atom. The van der Waals surface area contributed by atoms with Gasteiger partial charge in [0.1, 0.15) is 5.75 Å². The van der Waals surface area contributed by atoms with Crippen LogP contribution in [0.4, 0.5) is 5.69 Å². The molecule has 0 saturated heterocycles. The molecule has 0 aliphatic carbocycles. The van der Waals surface area contributed by atoms with E-state index in [4.69, 9.17) is 16.3 Å². The molecule has 3 rings (SSSR count). The average Bonchev–Trinajstić information content (AvgIpc) is 2.74. The number of benzene rings is 3. The number of hydrogen-bond acceptors (Lipinski definition) is 4. The van der Waals surface area contributed by atoms with Gasteiger partial charge < -0.3 is 10.1 Å². The van der Waals surface area contributed by atoms with Gasteiger partial charge in [0, 0.05) is 12.2 Å². The van der Waals surface area contributed by atoms with Crippen LogP contribution in [0, 0.1) is 0 Å². The van der Waals surface area contributed by atoms with Gasteiger partial charge in [-0.05, 0) is 42.3 Å². The fourth-order valence-corrected chi connectivity index (χ4v) is 4.06. The highest BCUT2D eigenvalue weighted by molar-refractivity contribution is 7.92. The monoisotopic (exact) mass is 444 g/mol. The Morgan fingerprint density at radius 3 is 2.27 bits per heavy atom. The maximum absolute atomic E-state index is 12.5. The highest BCUT2D eigenvalue weighted by Gasteiger charge is 2.16. The number of rotatable bonds is 9. The molecule has 1 amide bonds. The summed E-state index contributed by atoms with van der Waals surface area (Å²) in [4.78, 5) is 12.0. The number of nitrogens with one attached hydrogen (secondary N) is 2. The van der Waals surface area contributed by atoms with E-state index in [1.54, 1.807) is 30.3 Å². The van der Waals surface area contributed by atoms with E-state index in [-0.39, 0.29) is 28.2 Å². The number of amides is 1. The summed E-state index contributed by atoms with van der Waals surface area (Å²) in [5.41, 5.74) is 1.57. The first-order valence-corrected chi connectivity index (χ1v) is 11.1. The maximum Gasteiger partial charge on any atom is 0.261 e. The standard InChI is InChI=1S/C22H21ClN2O4S/c23-20-15-19(30(27,28)25-18-9-5-2-6-10-18)11-12-21(20)29-16-22(26)24-14-13-17-7-3-1-4-8-17/h1-12,15,25H,13-14,16H2,(H,24,26). The summed E-state index contributed by atoms with van der Waals surface area (Å²) in [7, 11) is -3.79.